The van der Waals surface area contributed by atoms with Crippen LogP contribution in [0.5, 0.6) is 0 Å². The molecule has 1 atom stereocenters. The zero-order chi connectivity index (χ0) is 9.97. The Kier molecular flexibility index (Phi) is 2.65. The SMILES string of the molecule is Cn1ccc(CC2=CC(N)CNC2)n1. The number of nitrogens with zero attached hydrogens (tertiary/aromatic N) is 2. The Bertz CT molecular complexity index is 340. The number of rotatable bonds is 2. The van der Waals surface area contributed by atoms with Crippen molar-refractivity contribution < 1.29 is 0 Å². The largest absolute Gasteiger partial charge is 0.323 e. The predicted octanol–water partition coefficient (Wildman–Crippen LogP) is -0.180. The number of hydrogen-bond donors (Lipinski definition) is 2. The molecule has 76 valence electrons. The molecule has 1 aromatic heterocycles. The average Bonchev–Trinajstić information content (AvgIpc) is 2.51. The highest BCUT2D eigenvalue weighted by Gasteiger charge is 2.10. The van der Waals surface area contributed by atoms with Crippen molar-refractivity contribution in [2.24, 2.45) is 12.8 Å². The molecule has 0 bridgehead atoms. The molecule has 0 amide bonds. The topological polar surface area (TPSA) is 55.9 Å². The van der Waals surface area contributed by atoms with Gasteiger partial charge in [0.2, 0.25) is 0 Å². The molecule has 0 fully saturated rings. The van der Waals surface area contributed by atoms with Crippen molar-refractivity contribution >= 4 is 0 Å². The number of nitrogens with one attached hydrogen (secondary N) is 1. The van der Waals surface area contributed by atoms with E-state index in [2.05, 4.69) is 16.5 Å². The lowest BCUT2D eigenvalue weighted by Gasteiger charge is -2.18. The third-order valence-electron chi connectivity index (χ3n) is 2.36. The number of nitrogens with two attached hydrogens (primary N) is 1. The second-order valence-corrected chi connectivity index (χ2v) is 3.78. The van der Waals surface area contributed by atoms with Crippen molar-refractivity contribution in [1.29, 1.82) is 0 Å². The molecule has 0 aromatic carbocycles. The van der Waals surface area contributed by atoms with E-state index in [1.807, 2.05) is 24.0 Å². The van der Waals surface area contributed by atoms with Crippen LogP contribution in [-0.2, 0) is 13.5 Å². The molecule has 4 nitrogen and oxygen atoms in total. The van der Waals surface area contributed by atoms with Gasteiger partial charge in [-0.25, -0.2) is 0 Å². The van der Waals surface area contributed by atoms with Gasteiger partial charge in [-0.3, -0.25) is 4.68 Å². The van der Waals surface area contributed by atoms with E-state index in [1.54, 1.807) is 0 Å². The van der Waals surface area contributed by atoms with Crippen LogP contribution in [0.4, 0.5) is 0 Å². The molecular formula is C10H16N4. The van der Waals surface area contributed by atoms with Crippen LogP contribution in [0.2, 0.25) is 0 Å². The zero-order valence-corrected chi connectivity index (χ0v) is 8.40. The lowest BCUT2D eigenvalue weighted by molar-refractivity contribution is 0.624. The van der Waals surface area contributed by atoms with Gasteiger partial charge in [0.25, 0.3) is 0 Å². The molecule has 14 heavy (non-hydrogen) atoms. The number of hydrogen-bond acceptors (Lipinski definition) is 3. The van der Waals surface area contributed by atoms with Gasteiger partial charge >= 0.3 is 0 Å². The summed E-state index contributed by atoms with van der Waals surface area (Å²) in [5, 5.41) is 7.62. The lowest BCUT2D eigenvalue weighted by atomic mass is 10.0. The molecule has 2 heterocycles. The molecular weight excluding hydrogens is 176 g/mol. The highest BCUT2D eigenvalue weighted by molar-refractivity contribution is 5.19. The van der Waals surface area contributed by atoms with Gasteiger partial charge in [-0.15, -0.1) is 0 Å². The zero-order valence-electron chi connectivity index (χ0n) is 8.40. The van der Waals surface area contributed by atoms with Crippen LogP contribution in [0.15, 0.2) is 23.9 Å². The first kappa shape index (κ1) is 9.43. The van der Waals surface area contributed by atoms with E-state index in [0.29, 0.717) is 0 Å². The van der Waals surface area contributed by atoms with E-state index in [4.69, 9.17) is 5.73 Å². The fourth-order valence-corrected chi connectivity index (χ4v) is 1.73. The van der Waals surface area contributed by atoms with Crippen molar-refractivity contribution in [2.45, 2.75) is 12.5 Å². The highest BCUT2D eigenvalue weighted by atomic mass is 15.2. The van der Waals surface area contributed by atoms with Crippen LogP contribution in [-0.4, -0.2) is 28.9 Å². The Balaban J connectivity index is 2.03. The van der Waals surface area contributed by atoms with Crippen LogP contribution in [0.25, 0.3) is 0 Å². The monoisotopic (exact) mass is 192 g/mol. The maximum atomic E-state index is 5.82. The van der Waals surface area contributed by atoms with Crippen molar-refractivity contribution in [3.63, 3.8) is 0 Å². The summed E-state index contributed by atoms with van der Waals surface area (Å²) in [5.74, 6) is 0. The Labute approximate surface area is 83.8 Å². The second kappa shape index (κ2) is 3.94. The van der Waals surface area contributed by atoms with Gasteiger partial charge in [0, 0.05) is 38.8 Å². The molecule has 0 saturated heterocycles. The maximum Gasteiger partial charge on any atom is 0.0665 e. The Morgan fingerprint density at radius 3 is 3.21 bits per heavy atom. The second-order valence-electron chi connectivity index (χ2n) is 3.78. The van der Waals surface area contributed by atoms with Gasteiger partial charge in [-0.2, -0.15) is 5.10 Å². The molecule has 4 heteroatoms. The molecule has 1 unspecified atom stereocenters. The summed E-state index contributed by atoms with van der Waals surface area (Å²) in [6, 6.07) is 2.20. The third-order valence-corrected chi connectivity index (χ3v) is 2.36. The molecule has 0 aliphatic carbocycles. The Morgan fingerprint density at radius 1 is 1.71 bits per heavy atom. The first-order valence-corrected chi connectivity index (χ1v) is 4.88. The summed E-state index contributed by atoms with van der Waals surface area (Å²) in [4.78, 5) is 0. The van der Waals surface area contributed by atoms with Gasteiger partial charge < -0.3 is 11.1 Å². The van der Waals surface area contributed by atoms with Gasteiger partial charge in [0.05, 0.1) is 5.69 Å². The molecule has 0 saturated carbocycles. The van der Waals surface area contributed by atoms with E-state index >= 15 is 0 Å². The smallest absolute Gasteiger partial charge is 0.0665 e. The number of aromatic nitrogens is 2. The first-order chi connectivity index (χ1) is 6.74. The van der Waals surface area contributed by atoms with Crippen molar-refractivity contribution in [3.8, 4) is 0 Å². The van der Waals surface area contributed by atoms with Crippen LogP contribution in [0, 0.1) is 0 Å². The quantitative estimate of drug-likeness (QED) is 0.639. The van der Waals surface area contributed by atoms with Gasteiger partial charge in [0.1, 0.15) is 0 Å². The number of aryl methyl sites for hydroxylation is 1. The van der Waals surface area contributed by atoms with Crippen molar-refractivity contribution in [2.75, 3.05) is 13.1 Å². The Morgan fingerprint density at radius 2 is 2.57 bits per heavy atom. The summed E-state index contributed by atoms with van der Waals surface area (Å²) in [5.41, 5.74) is 8.26. The molecule has 0 radical (unpaired) electrons. The van der Waals surface area contributed by atoms with Crippen LogP contribution >= 0.6 is 0 Å². The standard InChI is InChI=1S/C10H16N4/c1-14-3-2-10(13-14)5-8-4-9(11)7-12-6-8/h2-4,9,12H,5-7,11H2,1H3. The summed E-state index contributed by atoms with van der Waals surface area (Å²) in [7, 11) is 1.93. The molecule has 2 rings (SSSR count). The average molecular weight is 192 g/mol. The minimum absolute atomic E-state index is 0.155. The summed E-state index contributed by atoms with van der Waals surface area (Å²) < 4.78 is 1.83. The van der Waals surface area contributed by atoms with E-state index in [9.17, 15) is 0 Å². The molecule has 1 aliphatic heterocycles. The van der Waals surface area contributed by atoms with Crippen LogP contribution < -0.4 is 11.1 Å². The molecule has 1 aliphatic rings. The fourth-order valence-electron chi connectivity index (χ4n) is 1.73. The van der Waals surface area contributed by atoms with E-state index in [0.717, 1.165) is 25.2 Å². The first-order valence-electron chi connectivity index (χ1n) is 4.88. The van der Waals surface area contributed by atoms with E-state index in [1.165, 1.54) is 5.57 Å². The molecule has 0 spiro atoms. The summed E-state index contributed by atoms with van der Waals surface area (Å²) in [6.07, 6.45) is 5.01. The van der Waals surface area contributed by atoms with Crippen LogP contribution in [0.1, 0.15) is 5.69 Å². The lowest BCUT2D eigenvalue weighted by Crippen LogP contribution is -2.38. The predicted molar refractivity (Wildman–Crippen MR) is 55.8 cm³/mol. The Hall–Kier alpha value is -1.13. The van der Waals surface area contributed by atoms with E-state index in [-0.39, 0.29) is 6.04 Å². The molecule has 1 aromatic rings. The van der Waals surface area contributed by atoms with Gasteiger partial charge in [-0.05, 0) is 6.07 Å². The van der Waals surface area contributed by atoms with Crippen molar-refractivity contribution in [1.82, 2.24) is 15.1 Å². The van der Waals surface area contributed by atoms with Gasteiger partial charge in [-0.1, -0.05) is 11.6 Å². The van der Waals surface area contributed by atoms with Crippen LogP contribution in [0.3, 0.4) is 0 Å². The maximum absolute atomic E-state index is 5.82. The highest BCUT2D eigenvalue weighted by Crippen LogP contribution is 2.08. The molecule has 3 N–H and O–H groups in total. The van der Waals surface area contributed by atoms with Gasteiger partial charge in [0.15, 0.2) is 0 Å². The van der Waals surface area contributed by atoms with E-state index < -0.39 is 0 Å². The van der Waals surface area contributed by atoms with Crippen molar-refractivity contribution in [3.05, 3.63) is 29.6 Å². The fraction of sp³-hybridized carbons (Fsp3) is 0.500. The summed E-state index contributed by atoms with van der Waals surface area (Å²) in [6.45, 7) is 1.82. The minimum Gasteiger partial charge on any atom is -0.323 e. The minimum atomic E-state index is 0.155. The normalized spacial score (nSPS) is 22.1. The summed E-state index contributed by atoms with van der Waals surface area (Å²) >= 11 is 0. The third kappa shape index (κ3) is 2.21.